The summed E-state index contributed by atoms with van der Waals surface area (Å²) >= 11 is 0. The number of carbonyl (C=O) groups is 1. The summed E-state index contributed by atoms with van der Waals surface area (Å²) in [5.41, 5.74) is 4.26. The van der Waals surface area contributed by atoms with E-state index in [1.807, 2.05) is 25.5 Å². The Balaban J connectivity index is 1.36. The molecule has 0 aliphatic carbocycles. The molecule has 0 spiro atoms. The molecule has 8 heteroatoms. The summed E-state index contributed by atoms with van der Waals surface area (Å²) in [4.78, 5) is 22.7. The number of carbonyl (C=O) groups excluding carboxylic acids is 1. The van der Waals surface area contributed by atoms with Crippen LogP contribution in [0.4, 0.5) is 0 Å². The molecule has 0 unspecified atom stereocenters. The second-order valence-electron chi connectivity index (χ2n) is 7.30. The van der Waals surface area contributed by atoms with Crippen molar-refractivity contribution in [3.63, 3.8) is 0 Å². The Bertz CT molecular complexity index is 862. The molecule has 4 rings (SSSR count). The number of aromatic nitrogens is 4. The first-order valence-electron chi connectivity index (χ1n) is 9.57. The van der Waals surface area contributed by atoms with E-state index >= 15 is 0 Å². The van der Waals surface area contributed by atoms with Crippen LogP contribution in [0.15, 0.2) is 6.07 Å². The lowest BCUT2D eigenvalue weighted by Crippen LogP contribution is -2.40. The van der Waals surface area contributed by atoms with Gasteiger partial charge in [-0.2, -0.15) is 10.1 Å². The fraction of sp³-hybridized carbons (Fsp3) is 0.579. The molecule has 2 aliphatic heterocycles. The highest BCUT2D eigenvalue weighted by molar-refractivity contribution is 5.75. The molecular formula is C19H26N6O2. The van der Waals surface area contributed by atoms with Crippen molar-refractivity contribution in [1.82, 2.24) is 30.0 Å². The topological polar surface area (TPSA) is 85.2 Å². The number of nitrogens with zero attached hydrogens (tertiary/aromatic N) is 5. The van der Waals surface area contributed by atoms with E-state index < -0.39 is 0 Å². The molecular weight excluding hydrogens is 344 g/mol. The summed E-state index contributed by atoms with van der Waals surface area (Å²) in [6.45, 7) is 9.77. The van der Waals surface area contributed by atoms with Crippen LogP contribution in [-0.2, 0) is 30.8 Å². The van der Waals surface area contributed by atoms with E-state index in [0.717, 1.165) is 61.3 Å². The maximum atomic E-state index is 11.4. The van der Waals surface area contributed by atoms with E-state index in [1.54, 1.807) is 0 Å². The lowest BCUT2D eigenvalue weighted by molar-refractivity contribution is -0.120. The van der Waals surface area contributed by atoms with Gasteiger partial charge in [-0.25, -0.2) is 4.98 Å². The van der Waals surface area contributed by atoms with Crippen LogP contribution >= 0.6 is 0 Å². The van der Waals surface area contributed by atoms with Gasteiger partial charge in [-0.05, 0) is 19.9 Å². The van der Waals surface area contributed by atoms with Gasteiger partial charge < -0.3 is 10.1 Å². The van der Waals surface area contributed by atoms with Gasteiger partial charge in [0.25, 0.3) is 0 Å². The molecule has 1 amide bonds. The Morgan fingerprint density at radius 1 is 1.33 bits per heavy atom. The van der Waals surface area contributed by atoms with Crippen LogP contribution in [0.5, 0.6) is 5.88 Å². The normalized spacial score (nSPS) is 18.7. The average Bonchev–Trinajstić information content (AvgIpc) is 3.22. The number of amides is 1. The van der Waals surface area contributed by atoms with E-state index in [4.69, 9.17) is 4.74 Å². The van der Waals surface area contributed by atoms with E-state index in [9.17, 15) is 4.79 Å². The van der Waals surface area contributed by atoms with Gasteiger partial charge in [0.15, 0.2) is 0 Å². The minimum atomic E-state index is 0.0502. The fourth-order valence-corrected chi connectivity index (χ4v) is 3.79. The molecule has 2 aromatic heterocycles. The summed E-state index contributed by atoms with van der Waals surface area (Å²) in [6.07, 6.45) is 1.48. The van der Waals surface area contributed by atoms with Gasteiger partial charge in [0.05, 0.1) is 24.5 Å². The Morgan fingerprint density at radius 2 is 2.19 bits per heavy atom. The zero-order valence-corrected chi connectivity index (χ0v) is 16.2. The monoisotopic (exact) mass is 370 g/mol. The Labute approximate surface area is 158 Å². The fourth-order valence-electron chi connectivity index (χ4n) is 3.79. The van der Waals surface area contributed by atoms with Gasteiger partial charge in [-0.3, -0.25) is 14.4 Å². The summed E-state index contributed by atoms with van der Waals surface area (Å²) in [5.74, 6) is 1.56. The van der Waals surface area contributed by atoms with Crippen molar-refractivity contribution >= 4 is 5.91 Å². The third-order valence-corrected chi connectivity index (χ3v) is 5.18. The minimum absolute atomic E-state index is 0.0502. The number of nitrogens with one attached hydrogen (secondary N) is 1. The Hall–Kier alpha value is -2.48. The van der Waals surface area contributed by atoms with Crippen LogP contribution in [0, 0.1) is 13.8 Å². The first-order valence-corrected chi connectivity index (χ1v) is 9.57. The summed E-state index contributed by atoms with van der Waals surface area (Å²) in [5, 5.41) is 7.49. The van der Waals surface area contributed by atoms with Crippen LogP contribution in [0.2, 0.25) is 0 Å². The van der Waals surface area contributed by atoms with E-state index in [2.05, 4.69) is 31.3 Å². The SMILES string of the molecule is CCC(=O)NCc1cc2n(n1)CCN(C[C@@H]1Cc3c(C)nc(C)nc3O1)C2. The summed E-state index contributed by atoms with van der Waals surface area (Å²) in [7, 11) is 0. The van der Waals surface area contributed by atoms with Crippen molar-refractivity contribution in [1.29, 1.82) is 0 Å². The van der Waals surface area contributed by atoms with Crippen molar-refractivity contribution in [2.24, 2.45) is 0 Å². The number of aryl methyl sites for hydroxylation is 2. The molecule has 2 aliphatic rings. The maximum Gasteiger partial charge on any atom is 0.220 e. The number of fused-ring (bicyclic) bond motifs is 2. The lowest BCUT2D eigenvalue weighted by Gasteiger charge is -2.29. The maximum absolute atomic E-state index is 11.4. The average molecular weight is 370 g/mol. The molecule has 0 aromatic carbocycles. The molecule has 0 bridgehead atoms. The van der Waals surface area contributed by atoms with Crippen molar-refractivity contribution < 1.29 is 9.53 Å². The smallest absolute Gasteiger partial charge is 0.220 e. The van der Waals surface area contributed by atoms with Gasteiger partial charge in [0, 0.05) is 43.7 Å². The zero-order valence-electron chi connectivity index (χ0n) is 16.2. The van der Waals surface area contributed by atoms with Crippen LogP contribution in [-0.4, -0.2) is 49.7 Å². The first kappa shape index (κ1) is 17.9. The quantitative estimate of drug-likeness (QED) is 0.849. The molecule has 0 radical (unpaired) electrons. The number of hydrogen-bond acceptors (Lipinski definition) is 6. The van der Waals surface area contributed by atoms with Gasteiger partial charge in [-0.15, -0.1) is 0 Å². The summed E-state index contributed by atoms with van der Waals surface area (Å²) in [6, 6.07) is 2.09. The first-order chi connectivity index (χ1) is 13.0. The van der Waals surface area contributed by atoms with E-state index in [0.29, 0.717) is 13.0 Å². The van der Waals surface area contributed by atoms with E-state index in [1.165, 1.54) is 5.69 Å². The highest BCUT2D eigenvalue weighted by Crippen LogP contribution is 2.29. The molecule has 2 aromatic rings. The molecule has 1 N–H and O–H groups in total. The van der Waals surface area contributed by atoms with Gasteiger partial charge in [0.2, 0.25) is 11.8 Å². The molecule has 0 saturated heterocycles. The predicted octanol–water partition coefficient (Wildman–Crippen LogP) is 1.14. The molecule has 0 saturated carbocycles. The molecule has 144 valence electrons. The van der Waals surface area contributed by atoms with Crippen LogP contribution < -0.4 is 10.1 Å². The van der Waals surface area contributed by atoms with Gasteiger partial charge in [-0.1, -0.05) is 6.92 Å². The van der Waals surface area contributed by atoms with Crippen LogP contribution in [0.3, 0.4) is 0 Å². The third-order valence-electron chi connectivity index (χ3n) is 5.18. The molecule has 1 atom stereocenters. The van der Waals surface area contributed by atoms with Crippen LogP contribution in [0.25, 0.3) is 0 Å². The van der Waals surface area contributed by atoms with Crippen molar-refractivity contribution in [3.05, 3.63) is 34.5 Å². The van der Waals surface area contributed by atoms with Gasteiger partial charge in [0.1, 0.15) is 11.9 Å². The van der Waals surface area contributed by atoms with Crippen molar-refractivity contribution in [3.8, 4) is 5.88 Å². The number of rotatable bonds is 5. The minimum Gasteiger partial charge on any atom is -0.472 e. The Kier molecular flexibility index (Phi) is 4.82. The van der Waals surface area contributed by atoms with Crippen LogP contribution in [0.1, 0.15) is 41.8 Å². The highest BCUT2D eigenvalue weighted by Gasteiger charge is 2.30. The standard InChI is InChI=1S/C19H26N6O2/c1-4-18(26)20-9-14-7-15-10-24(5-6-25(15)23-14)11-16-8-17-12(2)21-13(3)22-19(17)27-16/h7,16H,4-6,8-11H2,1-3H3,(H,20,26)/t16-/m0/s1. The van der Waals surface area contributed by atoms with Gasteiger partial charge >= 0.3 is 0 Å². The highest BCUT2D eigenvalue weighted by atomic mass is 16.5. The summed E-state index contributed by atoms with van der Waals surface area (Å²) < 4.78 is 8.13. The Morgan fingerprint density at radius 3 is 3.00 bits per heavy atom. The largest absolute Gasteiger partial charge is 0.472 e. The second kappa shape index (κ2) is 7.26. The number of hydrogen-bond donors (Lipinski definition) is 1. The molecule has 8 nitrogen and oxygen atoms in total. The zero-order chi connectivity index (χ0) is 19.0. The predicted molar refractivity (Wildman–Crippen MR) is 99.3 cm³/mol. The van der Waals surface area contributed by atoms with Crippen molar-refractivity contribution in [2.75, 3.05) is 13.1 Å². The number of ether oxygens (including phenoxy) is 1. The third kappa shape index (κ3) is 3.80. The molecule has 27 heavy (non-hydrogen) atoms. The second-order valence-corrected chi connectivity index (χ2v) is 7.30. The molecule has 4 heterocycles. The van der Waals surface area contributed by atoms with E-state index in [-0.39, 0.29) is 12.0 Å². The lowest BCUT2D eigenvalue weighted by atomic mass is 10.1. The molecule has 0 fully saturated rings. The van der Waals surface area contributed by atoms with Crippen molar-refractivity contribution in [2.45, 2.75) is 59.4 Å².